The van der Waals surface area contributed by atoms with E-state index < -0.39 is 0 Å². The molecule has 1 aliphatic rings. The molecule has 3 unspecified atom stereocenters. The first-order valence-electron chi connectivity index (χ1n) is 5.67. The van der Waals surface area contributed by atoms with Gasteiger partial charge in [-0.05, 0) is 25.2 Å². The van der Waals surface area contributed by atoms with Crippen LogP contribution in [0.25, 0.3) is 0 Å². The third-order valence-corrected chi connectivity index (χ3v) is 4.06. The van der Waals surface area contributed by atoms with Crippen LogP contribution in [-0.2, 0) is 0 Å². The molecular weight excluding hydrogens is 158 g/mol. The van der Waals surface area contributed by atoms with Crippen LogP contribution in [0.2, 0.25) is 0 Å². The van der Waals surface area contributed by atoms with Crippen molar-refractivity contribution in [2.75, 3.05) is 6.54 Å². The lowest BCUT2D eigenvalue weighted by atomic mass is 9.75. The molecule has 0 radical (unpaired) electrons. The Hall–Kier alpha value is -0.0400. The summed E-state index contributed by atoms with van der Waals surface area (Å²) < 4.78 is 0. The molecule has 0 aromatic carbocycles. The molecule has 1 aliphatic heterocycles. The maximum atomic E-state index is 2.60. The van der Waals surface area contributed by atoms with E-state index in [0.29, 0.717) is 5.41 Å². The number of hydrogen-bond donors (Lipinski definition) is 0. The van der Waals surface area contributed by atoms with Gasteiger partial charge in [0.05, 0.1) is 0 Å². The molecule has 1 saturated heterocycles. The maximum absolute atomic E-state index is 2.60. The van der Waals surface area contributed by atoms with Crippen molar-refractivity contribution >= 4 is 0 Å². The first kappa shape index (κ1) is 11.0. The van der Waals surface area contributed by atoms with Gasteiger partial charge in [0.15, 0.2) is 0 Å². The molecule has 0 aromatic rings. The zero-order valence-electron chi connectivity index (χ0n) is 10.1. The zero-order valence-corrected chi connectivity index (χ0v) is 10.1. The van der Waals surface area contributed by atoms with Gasteiger partial charge in [0.2, 0.25) is 0 Å². The van der Waals surface area contributed by atoms with Crippen LogP contribution in [-0.4, -0.2) is 23.5 Å². The molecule has 1 heterocycles. The standard InChI is InChI=1S/C12H25N/c1-7-10(4)12(5,6)11-8-13(11)9(2)3/h9-11H,7-8H2,1-6H3. The molecule has 1 heteroatoms. The van der Waals surface area contributed by atoms with Crippen LogP contribution in [0.15, 0.2) is 0 Å². The molecule has 0 aliphatic carbocycles. The van der Waals surface area contributed by atoms with E-state index >= 15 is 0 Å². The van der Waals surface area contributed by atoms with Gasteiger partial charge < -0.3 is 0 Å². The summed E-state index contributed by atoms with van der Waals surface area (Å²) in [5, 5.41) is 0. The van der Waals surface area contributed by atoms with Crippen LogP contribution in [0.4, 0.5) is 0 Å². The highest BCUT2D eigenvalue weighted by atomic mass is 15.3. The van der Waals surface area contributed by atoms with Gasteiger partial charge in [-0.1, -0.05) is 34.1 Å². The first-order chi connectivity index (χ1) is 5.91. The average Bonchev–Trinajstić information content (AvgIpc) is 2.81. The van der Waals surface area contributed by atoms with Crippen molar-refractivity contribution in [1.29, 1.82) is 0 Å². The average molecular weight is 183 g/mol. The second-order valence-corrected chi connectivity index (χ2v) is 5.44. The van der Waals surface area contributed by atoms with Crippen LogP contribution < -0.4 is 0 Å². The normalized spacial score (nSPS) is 30.7. The van der Waals surface area contributed by atoms with Crippen molar-refractivity contribution in [3.05, 3.63) is 0 Å². The van der Waals surface area contributed by atoms with Crippen molar-refractivity contribution in [1.82, 2.24) is 4.90 Å². The fraction of sp³-hybridized carbons (Fsp3) is 1.00. The van der Waals surface area contributed by atoms with Gasteiger partial charge in [-0.3, -0.25) is 4.90 Å². The molecule has 0 N–H and O–H groups in total. The smallest absolute Gasteiger partial charge is 0.0280 e. The largest absolute Gasteiger partial charge is 0.295 e. The van der Waals surface area contributed by atoms with Gasteiger partial charge >= 0.3 is 0 Å². The Morgan fingerprint density at radius 1 is 1.31 bits per heavy atom. The topological polar surface area (TPSA) is 3.01 Å². The number of rotatable bonds is 4. The third kappa shape index (κ3) is 2.07. The summed E-state index contributed by atoms with van der Waals surface area (Å²) in [5.41, 5.74) is 0.499. The fourth-order valence-corrected chi connectivity index (χ4v) is 2.24. The molecule has 13 heavy (non-hydrogen) atoms. The zero-order chi connectivity index (χ0) is 10.2. The highest BCUT2D eigenvalue weighted by Crippen LogP contribution is 2.43. The summed E-state index contributed by atoms with van der Waals surface area (Å²) in [5.74, 6) is 0.834. The van der Waals surface area contributed by atoms with Crippen LogP contribution in [0.3, 0.4) is 0 Å². The predicted octanol–water partition coefficient (Wildman–Crippen LogP) is 3.15. The van der Waals surface area contributed by atoms with E-state index in [2.05, 4.69) is 46.4 Å². The third-order valence-electron chi connectivity index (χ3n) is 4.06. The maximum Gasteiger partial charge on any atom is 0.0280 e. The highest BCUT2D eigenvalue weighted by Gasteiger charge is 2.48. The van der Waals surface area contributed by atoms with Crippen molar-refractivity contribution < 1.29 is 0 Å². The molecule has 1 nitrogen and oxygen atoms in total. The molecule has 0 saturated carbocycles. The molecule has 1 rings (SSSR count). The Morgan fingerprint density at radius 3 is 2.15 bits per heavy atom. The van der Waals surface area contributed by atoms with Gasteiger partial charge in [0.25, 0.3) is 0 Å². The van der Waals surface area contributed by atoms with Crippen molar-refractivity contribution in [2.24, 2.45) is 11.3 Å². The Labute approximate surface area is 83.5 Å². The van der Waals surface area contributed by atoms with E-state index in [9.17, 15) is 0 Å². The molecular formula is C12H25N. The second-order valence-electron chi connectivity index (χ2n) is 5.44. The summed E-state index contributed by atoms with van der Waals surface area (Å²) in [4.78, 5) is 2.60. The molecule has 0 bridgehead atoms. The van der Waals surface area contributed by atoms with Gasteiger partial charge in [-0.2, -0.15) is 0 Å². The molecule has 0 amide bonds. The van der Waals surface area contributed by atoms with E-state index in [1.54, 1.807) is 0 Å². The lowest BCUT2D eigenvalue weighted by Crippen LogP contribution is -2.31. The summed E-state index contributed by atoms with van der Waals surface area (Å²) in [6.07, 6.45) is 1.30. The Balaban J connectivity index is 2.53. The van der Waals surface area contributed by atoms with Crippen molar-refractivity contribution in [3.63, 3.8) is 0 Å². The SMILES string of the molecule is CCC(C)C(C)(C)C1CN1C(C)C. The van der Waals surface area contributed by atoms with E-state index in [-0.39, 0.29) is 0 Å². The monoisotopic (exact) mass is 183 g/mol. The predicted molar refractivity (Wildman–Crippen MR) is 58.9 cm³/mol. The summed E-state index contributed by atoms with van der Waals surface area (Å²) >= 11 is 0. The number of hydrogen-bond acceptors (Lipinski definition) is 1. The van der Waals surface area contributed by atoms with Gasteiger partial charge in [0, 0.05) is 18.6 Å². The van der Waals surface area contributed by atoms with Crippen LogP contribution in [0, 0.1) is 11.3 Å². The summed E-state index contributed by atoms with van der Waals surface area (Å²) in [7, 11) is 0. The lowest BCUT2D eigenvalue weighted by molar-refractivity contribution is 0.181. The van der Waals surface area contributed by atoms with E-state index in [1.807, 2.05) is 0 Å². The van der Waals surface area contributed by atoms with E-state index in [4.69, 9.17) is 0 Å². The molecule has 0 aromatic heterocycles. The minimum atomic E-state index is 0.499. The minimum absolute atomic E-state index is 0.499. The Kier molecular flexibility index (Phi) is 3.06. The molecule has 78 valence electrons. The molecule has 1 fully saturated rings. The highest BCUT2D eigenvalue weighted by molar-refractivity contribution is 5.02. The Morgan fingerprint density at radius 2 is 1.85 bits per heavy atom. The van der Waals surface area contributed by atoms with Crippen LogP contribution >= 0.6 is 0 Å². The first-order valence-corrected chi connectivity index (χ1v) is 5.67. The summed E-state index contributed by atoms with van der Waals surface area (Å²) in [6, 6.07) is 1.57. The number of nitrogens with zero attached hydrogens (tertiary/aromatic N) is 1. The quantitative estimate of drug-likeness (QED) is 0.605. The van der Waals surface area contributed by atoms with Crippen molar-refractivity contribution in [3.8, 4) is 0 Å². The lowest BCUT2D eigenvalue weighted by Gasteiger charge is -2.32. The van der Waals surface area contributed by atoms with Gasteiger partial charge in [0.1, 0.15) is 0 Å². The fourth-order valence-electron chi connectivity index (χ4n) is 2.24. The summed E-state index contributed by atoms with van der Waals surface area (Å²) in [6.45, 7) is 15.4. The van der Waals surface area contributed by atoms with Crippen LogP contribution in [0.5, 0.6) is 0 Å². The molecule has 0 spiro atoms. The second kappa shape index (κ2) is 3.61. The minimum Gasteiger partial charge on any atom is -0.295 e. The Bertz CT molecular complexity index is 172. The van der Waals surface area contributed by atoms with E-state index in [0.717, 1.165) is 18.0 Å². The van der Waals surface area contributed by atoms with Crippen LogP contribution in [0.1, 0.15) is 48.0 Å². The van der Waals surface area contributed by atoms with Gasteiger partial charge in [-0.25, -0.2) is 0 Å². The van der Waals surface area contributed by atoms with Crippen molar-refractivity contribution in [2.45, 2.75) is 60.0 Å². The van der Waals surface area contributed by atoms with Gasteiger partial charge in [-0.15, -0.1) is 0 Å². The van der Waals surface area contributed by atoms with E-state index in [1.165, 1.54) is 13.0 Å². The molecule has 3 atom stereocenters.